The molecule has 5 nitrogen and oxygen atoms in total. The van der Waals surface area contributed by atoms with Gasteiger partial charge < -0.3 is 9.84 Å². The number of hydrogen-bond donors (Lipinski definition) is 1. The summed E-state index contributed by atoms with van der Waals surface area (Å²) in [6.07, 6.45) is 1.64. The van der Waals surface area contributed by atoms with Crippen molar-refractivity contribution in [3.63, 3.8) is 0 Å². The molecule has 1 aliphatic carbocycles. The Morgan fingerprint density at radius 3 is 2.28 bits per heavy atom. The Hall–Kier alpha value is -3.99. The van der Waals surface area contributed by atoms with Crippen molar-refractivity contribution < 1.29 is 19.4 Å². The summed E-state index contributed by atoms with van der Waals surface area (Å²) >= 11 is 0. The van der Waals surface area contributed by atoms with E-state index in [1.54, 1.807) is 24.3 Å². The minimum absolute atomic E-state index is 0.0153. The number of carbonyl (C=O) groups is 2. The molecule has 182 valence electrons. The van der Waals surface area contributed by atoms with Gasteiger partial charge in [-0.05, 0) is 48.1 Å². The highest BCUT2D eigenvalue weighted by atomic mass is 16.5. The molecular formula is C31H29NO4. The molecular weight excluding hydrogens is 450 g/mol. The van der Waals surface area contributed by atoms with Gasteiger partial charge in [0.15, 0.2) is 5.78 Å². The van der Waals surface area contributed by atoms with E-state index in [-0.39, 0.29) is 30.0 Å². The van der Waals surface area contributed by atoms with Crippen LogP contribution in [0.25, 0.3) is 0 Å². The number of allylic oxidation sites excluding steroid dienone is 2. The Morgan fingerprint density at radius 2 is 1.58 bits per heavy atom. The first-order chi connectivity index (χ1) is 17.5. The molecule has 5 heteroatoms. The van der Waals surface area contributed by atoms with Crippen LogP contribution in [0.5, 0.6) is 5.75 Å². The number of rotatable bonds is 6. The van der Waals surface area contributed by atoms with E-state index >= 15 is 0 Å². The van der Waals surface area contributed by atoms with Crippen molar-refractivity contribution in [1.29, 1.82) is 0 Å². The molecule has 0 saturated carbocycles. The first-order valence-corrected chi connectivity index (χ1v) is 12.4. The number of hydrogen-bond acceptors (Lipinski definition) is 5. The molecule has 0 aromatic heterocycles. The van der Waals surface area contributed by atoms with E-state index in [0.29, 0.717) is 30.5 Å². The summed E-state index contributed by atoms with van der Waals surface area (Å²) in [7, 11) is 0. The summed E-state index contributed by atoms with van der Waals surface area (Å²) in [5.41, 5.74) is 5.01. The second-order valence-corrected chi connectivity index (χ2v) is 9.50. The lowest BCUT2D eigenvalue weighted by Gasteiger charge is -2.36. The fourth-order valence-electron chi connectivity index (χ4n) is 5.37. The zero-order valence-electron chi connectivity index (χ0n) is 20.3. The summed E-state index contributed by atoms with van der Waals surface area (Å²) in [6, 6.07) is 26.7. The van der Waals surface area contributed by atoms with Crippen molar-refractivity contribution in [3.05, 3.63) is 113 Å². The zero-order chi connectivity index (χ0) is 25.1. The van der Waals surface area contributed by atoms with Gasteiger partial charge >= 0.3 is 5.97 Å². The van der Waals surface area contributed by atoms with Gasteiger partial charge in [-0.3, -0.25) is 14.6 Å². The molecule has 36 heavy (non-hydrogen) atoms. The van der Waals surface area contributed by atoms with Crippen molar-refractivity contribution in [2.75, 3.05) is 6.61 Å². The van der Waals surface area contributed by atoms with Crippen molar-refractivity contribution in [1.82, 2.24) is 0 Å². The number of aliphatic imine (C=N–C) groups is 1. The lowest BCUT2D eigenvalue weighted by Crippen LogP contribution is -2.38. The van der Waals surface area contributed by atoms with Gasteiger partial charge in [0.1, 0.15) is 11.7 Å². The van der Waals surface area contributed by atoms with Crippen LogP contribution >= 0.6 is 0 Å². The lowest BCUT2D eigenvalue weighted by atomic mass is 9.69. The Balaban J connectivity index is 1.46. The fourth-order valence-corrected chi connectivity index (χ4v) is 5.37. The molecule has 0 bridgehead atoms. The largest absolute Gasteiger partial charge is 0.508 e. The first-order valence-electron chi connectivity index (χ1n) is 12.4. The minimum Gasteiger partial charge on any atom is -0.508 e. The highest BCUT2D eigenvalue weighted by Gasteiger charge is 2.44. The van der Waals surface area contributed by atoms with Crippen LogP contribution in [0.4, 0.5) is 0 Å². The van der Waals surface area contributed by atoms with Gasteiger partial charge in [0.25, 0.3) is 0 Å². The summed E-state index contributed by atoms with van der Waals surface area (Å²) in [6.45, 7) is 2.10. The molecule has 1 heterocycles. The summed E-state index contributed by atoms with van der Waals surface area (Å²) in [5.74, 6) is -1.36. The normalized spacial score (nSPS) is 21.5. The van der Waals surface area contributed by atoms with Gasteiger partial charge in [-0.25, -0.2) is 0 Å². The van der Waals surface area contributed by atoms with Gasteiger partial charge in [0, 0.05) is 35.7 Å². The van der Waals surface area contributed by atoms with E-state index in [4.69, 9.17) is 9.73 Å². The number of aromatic hydroxyl groups is 1. The van der Waals surface area contributed by atoms with E-state index in [1.165, 1.54) is 0 Å². The van der Waals surface area contributed by atoms with Gasteiger partial charge in [-0.1, -0.05) is 72.8 Å². The van der Waals surface area contributed by atoms with Crippen molar-refractivity contribution in [2.45, 2.75) is 38.0 Å². The summed E-state index contributed by atoms with van der Waals surface area (Å²) in [4.78, 5) is 31.9. The van der Waals surface area contributed by atoms with Gasteiger partial charge in [0.2, 0.25) is 0 Å². The SMILES string of the molecule is CC1=NC2=C(C(=O)C[C@@H](c3ccccc3)C2)[C@@H](c2ccc(O)cc2)C1C(=O)OCCc1ccccc1. The van der Waals surface area contributed by atoms with Crippen LogP contribution in [0.1, 0.15) is 48.3 Å². The number of ketones is 1. The Labute approximate surface area is 211 Å². The van der Waals surface area contributed by atoms with Crippen molar-refractivity contribution in [2.24, 2.45) is 10.9 Å². The standard InChI is InChI=1S/C31H29NO4/c1-20-28(31(35)36-17-16-21-8-4-2-5-9-21)29(23-12-14-25(33)15-13-23)30-26(32-20)18-24(19-27(30)34)22-10-6-3-7-11-22/h2-15,24,28-29,33H,16-19H2,1H3/t24-,28?,29-/m0/s1. The molecule has 3 aromatic carbocycles. The maximum Gasteiger partial charge on any atom is 0.315 e. The fraction of sp³-hybridized carbons (Fsp3) is 0.258. The number of nitrogens with zero attached hydrogens (tertiary/aromatic N) is 1. The molecule has 0 amide bonds. The van der Waals surface area contributed by atoms with E-state index in [1.807, 2.05) is 67.6 Å². The molecule has 1 N–H and O–H groups in total. The summed E-state index contributed by atoms with van der Waals surface area (Å²) in [5, 5.41) is 9.86. The van der Waals surface area contributed by atoms with Crippen LogP contribution in [-0.4, -0.2) is 29.2 Å². The van der Waals surface area contributed by atoms with Crippen LogP contribution in [0.3, 0.4) is 0 Å². The summed E-state index contributed by atoms with van der Waals surface area (Å²) < 4.78 is 5.73. The second-order valence-electron chi connectivity index (χ2n) is 9.50. The van der Waals surface area contributed by atoms with Crippen molar-refractivity contribution in [3.8, 4) is 5.75 Å². The Bertz CT molecular complexity index is 1310. The highest BCUT2D eigenvalue weighted by Crippen LogP contribution is 2.47. The smallest absolute Gasteiger partial charge is 0.315 e. The Kier molecular flexibility index (Phi) is 6.81. The second kappa shape index (κ2) is 10.3. The molecule has 3 aromatic rings. The number of ether oxygens (including phenoxy) is 1. The van der Waals surface area contributed by atoms with Gasteiger partial charge in [-0.15, -0.1) is 0 Å². The van der Waals surface area contributed by atoms with Crippen LogP contribution in [0, 0.1) is 5.92 Å². The zero-order valence-corrected chi connectivity index (χ0v) is 20.3. The maximum atomic E-state index is 13.6. The van der Waals surface area contributed by atoms with Gasteiger partial charge in [0.05, 0.1) is 6.61 Å². The molecule has 1 unspecified atom stereocenters. The highest BCUT2D eigenvalue weighted by molar-refractivity contribution is 6.09. The number of carbonyl (C=O) groups excluding carboxylic acids is 2. The van der Waals surface area contributed by atoms with Crippen LogP contribution < -0.4 is 0 Å². The lowest BCUT2D eigenvalue weighted by molar-refractivity contribution is -0.146. The molecule has 0 radical (unpaired) electrons. The molecule has 3 atom stereocenters. The van der Waals surface area contributed by atoms with E-state index < -0.39 is 11.8 Å². The third-order valence-electron chi connectivity index (χ3n) is 7.14. The quantitative estimate of drug-likeness (QED) is 0.457. The molecule has 0 spiro atoms. The number of phenolic OH excluding ortho intramolecular Hbond substituents is 1. The van der Waals surface area contributed by atoms with Crippen LogP contribution in [0.2, 0.25) is 0 Å². The average Bonchev–Trinajstić information content (AvgIpc) is 2.89. The number of phenols is 1. The van der Waals surface area contributed by atoms with E-state index in [2.05, 4.69) is 0 Å². The van der Waals surface area contributed by atoms with Crippen molar-refractivity contribution >= 4 is 17.5 Å². The average molecular weight is 480 g/mol. The van der Waals surface area contributed by atoms with Gasteiger partial charge in [-0.2, -0.15) is 0 Å². The molecule has 0 fully saturated rings. The van der Waals surface area contributed by atoms with E-state index in [0.717, 1.165) is 22.4 Å². The number of Topliss-reactive ketones (excluding diaryl/α,β-unsaturated/α-hetero) is 1. The van der Waals surface area contributed by atoms with Crippen LogP contribution in [0.15, 0.2) is 101 Å². The predicted octanol–water partition coefficient (Wildman–Crippen LogP) is 5.75. The third-order valence-corrected chi connectivity index (χ3v) is 7.14. The Morgan fingerprint density at radius 1 is 0.917 bits per heavy atom. The molecule has 5 rings (SSSR count). The first kappa shape index (κ1) is 23.7. The third kappa shape index (κ3) is 4.87. The van der Waals surface area contributed by atoms with E-state index in [9.17, 15) is 14.7 Å². The monoisotopic (exact) mass is 479 g/mol. The molecule has 2 aliphatic rings. The van der Waals surface area contributed by atoms with Crippen LogP contribution in [-0.2, 0) is 20.7 Å². The maximum absolute atomic E-state index is 13.6. The minimum atomic E-state index is -0.693. The predicted molar refractivity (Wildman–Crippen MR) is 139 cm³/mol. The number of esters is 1. The number of benzene rings is 3. The molecule has 1 aliphatic heterocycles. The topological polar surface area (TPSA) is 76.0 Å². The molecule has 0 saturated heterocycles.